The van der Waals surface area contributed by atoms with E-state index in [2.05, 4.69) is 0 Å². The molecule has 0 spiro atoms. The number of carboxylic acid groups (broad SMARTS) is 1. The third-order valence-corrected chi connectivity index (χ3v) is 2.35. The Hall–Kier alpha value is -1.29. The maximum atomic E-state index is 12.9. The Morgan fingerprint density at radius 2 is 2.13 bits per heavy atom. The molecule has 82 valence electrons. The molecule has 0 aliphatic carbocycles. The third kappa shape index (κ3) is 3.09. The first-order valence-corrected chi connectivity index (χ1v) is 4.78. The van der Waals surface area contributed by atoms with E-state index in [-0.39, 0.29) is 23.4 Å². The van der Waals surface area contributed by atoms with E-state index >= 15 is 0 Å². The second kappa shape index (κ2) is 4.98. The average molecular weight is 233 g/mol. The minimum Gasteiger partial charge on any atom is -0.505 e. The smallest absolute Gasteiger partial charge is 0.303 e. The molecule has 2 N–H and O–H groups in total. The first-order valence-electron chi connectivity index (χ1n) is 4.40. The van der Waals surface area contributed by atoms with Crippen LogP contribution in [0.4, 0.5) is 4.39 Å². The summed E-state index contributed by atoms with van der Waals surface area (Å²) in [6.07, 6.45) is 0.521. The van der Waals surface area contributed by atoms with Crippen LogP contribution < -0.4 is 0 Å². The summed E-state index contributed by atoms with van der Waals surface area (Å²) in [5.74, 6) is -2.17. The predicted molar refractivity (Wildman–Crippen MR) is 53.6 cm³/mol. The second-order valence-electron chi connectivity index (χ2n) is 3.10. The molecule has 0 unspecified atom stereocenters. The van der Waals surface area contributed by atoms with Crippen molar-refractivity contribution < 1.29 is 19.4 Å². The van der Waals surface area contributed by atoms with Gasteiger partial charge in [0.2, 0.25) is 0 Å². The molecule has 3 nitrogen and oxygen atoms in total. The monoisotopic (exact) mass is 232 g/mol. The van der Waals surface area contributed by atoms with Gasteiger partial charge in [-0.05, 0) is 25.0 Å². The lowest BCUT2D eigenvalue weighted by Gasteiger charge is -2.06. The second-order valence-corrected chi connectivity index (χ2v) is 3.51. The van der Waals surface area contributed by atoms with Crippen LogP contribution in [0.5, 0.6) is 5.75 Å². The van der Waals surface area contributed by atoms with Crippen LogP contribution in [0.1, 0.15) is 18.4 Å². The summed E-state index contributed by atoms with van der Waals surface area (Å²) in [5.41, 5.74) is 0.262. The standard InChI is InChI=1S/C10H10ClFO3/c11-7-4-5-8(12)10(15)6(7)2-1-3-9(13)14/h4-5,15H,1-3H2,(H,13,14). The van der Waals surface area contributed by atoms with Crippen LogP contribution in [0.3, 0.4) is 0 Å². The van der Waals surface area contributed by atoms with Crippen LogP contribution in [0.15, 0.2) is 12.1 Å². The molecule has 0 saturated carbocycles. The molecule has 0 saturated heterocycles. The van der Waals surface area contributed by atoms with Gasteiger partial charge < -0.3 is 10.2 Å². The molecule has 1 rings (SSSR count). The molecule has 0 fully saturated rings. The van der Waals surface area contributed by atoms with Crippen molar-refractivity contribution in [3.05, 3.63) is 28.5 Å². The average Bonchev–Trinajstić information content (AvgIpc) is 2.17. The molecule has 0 atom stereocenters. The summed E-state index contributed by atoms with van der Waals surface area (Å²) in [4.78, 5) is 10.3. The lowest BCUT2D eigenvalue weighted by molar-refractivity contribution is -0.137. The lowest BCUT2D eigenvalue weighted by atomic mass is 10.1. The Labute approximate surface area is 91.1 Å². The number of phenolic OH excluding ortho intramolecular Hbond substituents is 1. The van der Waals surface area contributed by atoms with E-state index in [1.807, 2.05) is 0 Å². The van der Waals surface area contributed by atoms with Crippen LogP contribution in [-0.2, 0) is 11.2 Å². The van der Waals surface area contributed by atoms with E-state index in [0.717, 1.165) is 6.07 Å². The summed E-state index contributed by atoms with van der Waals surface area (Å²) in [7, 11) is 0. The fourth-order valence-corrected chi connectivity index (χ4v) is 1.48. The molecule has 0 heterocycles. The Morgan fingerprint density at radius 3 is 2.73 bits per heavy atom. The number of carboxylic acids is 1. The van der Waals surface area contributed by atoms with Gasteiger partial charge >= 0.3 is 5.97 Å². The normalized spacial score (nSPS) is 10.3. The Kier molecular flexibility index (Phi) is 3.91. The summed E-state index contributed by atoms with van der Waals surface area (Å²) in [6.45, 7) is 0. The maximum Gasteiger partial charge on any atom is 0.303 e. The Morgan fingerprint density at radius 1 is 1.47 bits per heavy atom. The minimum absolute atomic E-state index is 0.0354. The van der Waals surface area contributed by atoms with Gasteiger partial charge in [-0.15, -0.1) is 0 Å². The van der Waals surface area contributed by atoms with Gasteiger partial charge in [-0.3, -0.25) is 4.79 Å². The molecule has 0 aliphatic heterocycles. The molecule has 0 radical (unpaired) electrons. The molecule has 1 aromatic rings. The maximum absolute atomic E-state index is 12.9. The predicted octanol–water partition coefficient (Wildman–Crippen LogP) is 2.59. The van der Waals surface area contributed by atoms with Gasteiger partial charge in [-0.2, -0.15) is 0 Å². The van der Waals surface area contributed by atoms with Crippen molar-refractivity contribution in [3.8, 4) is 5.75 Å². The quantitative estimate of drug-likeness (QED) is 0.839. The Balaban J connectivity index is 2.75. The molecule has 0 bridgehead atoms. The molecule has 0 aliphatic rings. The minimum atomic E-state index is -0.929. The number of hydrogen-bond donors (Lipinski definition) is 2. The van der Waals surface area contributed by atoms with Gasteiger partial charge in [0.15, 0.2) is 11.6 Å². The van der Waals surface area contributed by atoms with E-state index in [1.165, 1.54) is 6.07 Å². The number of carbonyl (C=O) groups is 1. The van der Waals surface area contributed by atoms with Crippen LogP contribution in [0.2, 0.25) is 5.02 Å². The van der Waals surface area contributed by atoms with E-state index < -0.39 is 17.5 Å². The number of phenols is 1. The van der Waals surface area contributed by atoms with Crippen molar-refractivity contribution >= 4 is 17.6 Å². The zero-order valence-electron chi connectivity index (χ0n) is 7.83. The van der Waals surface area contributed by atoms with Gasteiger partial charge in [0.25, 0.3) is 0 Å². The number of benzene rings is 1. The van der Waals surface area contributed by atoms with Crippen molar-refractivity contribution in [1.29, 1.82) is 0 Å². The highest BCUT2D eigenvalue weighted by Crippen LogP contribution is 2.29. The number of halogens is 2. The number of aliphatic carboxylic acids is 1. The number of rotatable bonds is 4. The van der Waals surface area contributed by atoms with Crippen molar-refractivity contribution in [3.63, 3.8) is 0 Å². The van der Waals surface area contributed by atoms with Crippen molar-refractivity contribution in [1.82, 2.24) is 0 Å². The van der Waals surface area contributed by atoms with Gasteiger partial charge in [-0.25, -0.2) is 4.39 Å². The van der Waals surface area contributed by atoms with Gasteiger partial charge in [-0.1, -0.05) is 11.6 Å². The van der Waals surface area contributed by atoms with Crippen LogP contribution in [0.25, 0.3) is 0 Å². The van der Waals surface area contributed by atoms with Crippen LogP contribution in [0, 0.1) is 5.82 Å². The molecular weight excluding hydrogens is 223 g/mol. The summed E-state index contributed by atoms with van der Waals surface area (Å²) >= 11 is 5.74. The fraction of sp³-hybridized carbons (Fsp3) is 0.300. The van der Waals surface area contributed by atoms with E-state index in [9.17, 15) is 14.3 Å². The highest BCUT2D eigenvalue weighted by Gasteiger charge is 2.11. The largest absolute Gasteiger partial charge is 0.505 e. The molecular formula is C10H10ClFO3. The highest BCUT2D eigenvalue weighted by molar-refractivity contribution is 6.31. The zero-order valence-corrected chi connectivity index (χ0v) is 8.59. The summed E-state index contributed by atoms with van der Waals surface area (Å²) < 4.78 is 12.9. The topological polar surface area (TPSA) is 57.5 Å². The molecule has 5 heteroatoms. The molecule has 15 heavy (non-hydrogen) atoms. The fourth-order valence-electron chi connectivity index (χ4n) is 1.24. The van der Waals surface area contributed by atoms with Crippen LogP contribution in [-0.4, -0.2) is 16.2 Å². The SMILES string of the molecule is O=C(O)CCCc1c(Cl)ccc(F)c1O. The van der Waals surface area contributed by atoms with Crippen molar-refractivity contribution in [2.24, 2.45) is 0 Å². The number of hydrogen-bond acceptors (Lipinski definition) is 2. The molecule has 1 aromatic carbocycles. The number of aromatic hydroxyl groups is 1. The lowest BCUT2D eigenvalue weighted by Crippen LogP contribution is -1.97. The van der Waals surface area contributed by atoms with E-state index in [1.54, 1.807) is 0 Å². The first kappa shape index (κ1) is 11.8. The van der Waals surface area contributed by atoms with Crippen LogP contribution >= 0.6 is 11.6 Å². The zero-order chi connectivity index (χ0) is 11.4. The summed E-state index contributed by atoms with van der Waals surface area (Å²) in [5, 5.41) is 18.0. The third-order valence-electron chi connectivity index (χ3n) is 1.99. The first-order chi connectivity index (χ1) is 7.02. The van der Waals surface area contributed by atoms with Crippen molar-refractivity contribution in [2.75, 3.05) is 0 Å². The van der Waals surface area contributed by atoms with Crippen molar-refractivity contribution in [2.45, 2.75) is 19.3 Å². The highest BCUT2D eigenvalue weighted by atomic mass is 35.5. The summed E-state index contributed by atoms with van der Waals surface area (Å²) in [6, 6.07) is 2.41. The van der Waals surface area contributed by atoms with E-state index in [0.29, 0.717) is 6.42 Å². The van der Waals surface area contributed by atoms with E-state index in [4.69, 9.17) is 16.7 Å². The van der Waals surface area contributed by atoms with Gasteiger partial charge in [0.1, 0.15) is 0 Å². The Bertz CT molecular complexity index is 379. The van der Waals surface area contributed by atoms with Gasteiger partial charge in [0, 0.05) is 17.0 Å². The van der Waals surface area contributed by atoms with Gasteiger partial charge in [0.05, 0.1) is 0 Å². The molecule has 0 aromatic heterocycles. The molecule has 0 amide bonds.